The minimum Gasteiger partial charge on any atom is -0.489 e. The molecule has 5 rings (SSSR count). The summed E-state index contributed by atoms with van der Waals surface area (Å²) in [6, 6.07) is 23.4. The largest absolute Gasteiger partial charge is 0.489 e. The van der Waals surface area contributed by atoms with E-state index in [1.54, 1.807) is 12.1 Å². The van der Waals surface area contributed by atoms with Gasteiger partial charge in [0.2, 0.25) is 0 Å². The van der Waals surface area contributed by atoms with Crippen LogP contribution in [0, 0.1) is 5.92 Å². The molecule has 0 saturated heterocycles. The molecule has 0 atom stereocenters. The number of benzene rings is 3. The number of hydrogen-bond donors (Lipinski definition) is 0. The number of amides is 2. The molecule has 2 amide bonds. The predicted molar refractivity (Wildman–Crippen MR) is 160 cm³/mol. The highest BCUT2D eigenvalue weighted by Gasteiger charge is 2.36. The second-order valence-corrected chi connectivity index (χ2v) is 11.1. The van der Waals surface area contributed by atoms with Crippen molar-refractivity contribution in [3.05, 3.63) is 106 Å². The summed E-state index contributed by atoms with van der Waals surface area (Å²) in [5.41, 5.74) is 6.16. The van der Waals surface area contributed by atoms with Crippen molar-refractivity contribution in [2.24, 2.45) is 5.92 Å². The minimum atomic E-state index is -0.229. The summed E-state index contributed by atoms with van der Waals surface area (Å²) < 4.78 is 6.20. The molecular formula is C35H38N2O3. The van der Waals surface area contributed by atoms with E-state index in [0.29, 0.717) is 23.7 Å². The lowest BCUT2D eigenvalue weighted by atomic mass is 9.92. The maximum atomic E-state index is 13.4. The normalized spacial score (nSPS) is 12.9. The molecule has 0 aliphatic carbocycles. The standard InChI is InChI=1S/C35H38N2O3/c1-4-5-6-10-15-27-30-21-26(40-23-25-13-8-7-9-14-25)18-19-32(30)36-33(20-24(2)3)31(27)22-37-34(38)28-16-11-12-17-29(28)35(37)39/h7-9,11-14,16-19,21,24H,4-6,10,15,20,22-23H2,1-3H3. The Morgan fingerprint density at radius 2 is 1.52 bits per heavy atom. The van der Waals surface area contributed by atoms with Gasteiger partial charge in [0, 0.05) is 11.1 Å². The fourth-order valence-electron chi connectivity index (χ4n) is 5.53. The van der Waals surface area contributed by atoms with E-state index in [4.69, 9.17) is 9.72 Å². The molecule has 0 saturated carbocycles. The van der Waals surface area contributed by atoms with Crippen molar-refractivity contribution in [2.75, 3.05) is 0 Å². The predicted octanol–water partition coefficient (Wildman–Crippen LogP) is 7.93. The Hall–Kier alpha value is -3.99. The van der Waals surface area contributed by atoms with E-state index in [9.17, 15) is 9.59 Å². The summed E-state index contributed by atoms with van der Waals surface area (Å²) in [6.45, 7) is 7.29. The number of unbranched alkanes of at least 4 members (excludes halogenated alkanes) is 3. The second-order valence-electron chi connectivity index (χ2n) is 11.1. The van der Waals surface area contributed by atoms with Gasteiger partial charge in [-0.2, -0.15) is 0 Å². The number of imide groups is 1. The maximum Gasteiger partial charge on any atom is 0.261 e. The Bertz CT molecular complexity index is 1480. The average Bonchev–Trinajstić information content (AvgIpc) is 3.20. The molecule has 2 heterocycles. The van der Waals surface area contributed by atoms with Crippen molar-refractivity contribution >= 4 is 22.7 Å². The summed E-state index contributed by atoms with van der Waals surface area (Å²) in [5.74, 6) is 0.713. The first kappa shape index (κ1) is 27.6. The summed E-state index contributed by atoms with van der Waals surface area (Å²) in [5, 5.41) is 1.04. The van der Waals surface area contributed by atoms with Crippen LogP contribution in [0.2, 0.25) is 0 Å². The lowest BCUT2D eigenvalue weighted by Gasteiger charge is -2.22. The molecule has 206 valence electrons. The molecule has 1 aromatic heterocycles. The zero-order chi connectivity index (χ0) is 28.1. The highest BCUT2D eigenvalue weighted by Crippen LogP contribution is 2.33. The Labute approximate surface area is 237 Å². The van der Waals surface area contributed by atoms with Gasteiger partial charge in [0.15, 0.2) is 0 Å². The third-order valence-electron chi connectivity index (χ3n) is 7.59. The molecule has 0 bridgehead atoms. The Balaban J connectivity index is 1.57. The van der Waals surface area contributed by atoms with Crippen molar-refractivity contribution in [2.45, 2.75) is 72.4 Å². The van der Waals surface area contributed by atoms with Crippen molar-refractivity contribution in [1.29, 1.82) is 0 Å². The Morgan fingerprint density at radius 3 is 2.20 bits per heavy atom. The van der Waals surface area contributed by atoms with Crippen LogP contribution in [-0.2, 0) is 26.0 Å². The summed E-state index contributed by atoms with van der Waals surface area (Å²) in [6.07, 6.45) is 6.16. The lowest BCUT2D eigenvalue weighted by molar-refractivity contribution is 0.0641. The van der Waals surface area contributed by atoms with Crippen LogP contribution in [0.1, 0.15) is 89.6 Å². The number of fused-ring (bicyclic) bond motifs is 2. The number of pyridine rings is 1. The smallest absolute Gasteiger partial charge is 0.261 e. The zero-order valence-electron chi connectivity index (χ0n) is 23.8. The quantitative estimate of drug-likeness (QED) is 0.137. The SMILES string of the molecule is CCCCCCc1c(CN2C(=O)c3ccccc3C2=O)c(CC(C)C)nc2ccc(OCc3ccccc3)cc12. The summed E-state index contributed by atoms with van der Waals surface area (Å²) in [4.78, 5) is 33.2. The van der Waals surface area contributed by atoms with Gasteiger partial charge >= 0.3 is 0 Å². The molecule has 0 N–H and O–H groups in total. The first-order valence-corrected chi connectivity index (χ1v) is 14.5. The van der Waals surface area contributed by atoms with Gasteiger partial charge in [0.05, 0.1) is 23.2 Å². The van der Waals surface area contributed by atoms with E-state index >= 15 is 0 Å². The van der Waals surface area contributed by atoms with Gasteiger partial charge in [0.25, 0.3) is 11.8 Å². The van der Waals surface area contributed by atoms with E-state index in [-0.39, 0.29) is 18.4 Å². The van der Waals surface area contributed by atoms with Crippen LogP contribution >= 0.6 is 0 Å². The van der Waals surface area contributed by atoms with E-state index in [2.05, 4.69) is 39.0 Å². The number of nitrogens with zero attached hydrogens (tertiary/aromatic N) is 2. The van der Waals surface area contributed by atoms with Crippen molar-refractivity contribution < 1.29 is 14.3 Å². The summed E-state index contributed by atoms with van der Waals surface area (Å²) >= 11 is 0. The number of carbonyl (C=O) groups is 2. The number of carbonyl (C=O) groups excluding carboxylic acids is 2. The molecule has 0 radical (unpaired) electrons. The zero-order valence-corrected chi connectivity index (χ0v) is 23.8. The molecule has 0 unspecified atom stereocenters. The molecule has 1 aliphatic rings. The van der Waals surface area contributed by atoms with Crippen LogP contribution in [0.3, 0.4) is 0 Å². The van der Waals surface area contributed by atoms with Crippen LogP contribution in [0.25, 0.3) is 10.9 Å². The molecule has 5 heteroatoms. The number of ether oxygens (including phenoxy) is 1. The van der Waals surface area contributed by atoms with Gasteiger partial charge in [-0.05, 0) is 72.2 Å². The minimum absolute atomic E-state index is 0.229. The third kappa shape index (κ3) is 5.94. The maximum absolute atomic E-state index is 13.4. The Kier molecular flexibility index (Phi) is 8.59. The van der Waals surface area contributed by atoms with E-state index < -0.39 is 0 Å². The van der Waals surface area contributed by atoms with E-state index in [1.807, 2.05) is 42.5 Å². The first-order valence-electron chi connectivity index (χ1n) is 14.5. The van der Waals surface area contributed by atoms with Crippen LogP contribution in [0.15, 0.2) is 72.8 Å². The molecule has 0 fully saturated rings. The first-order chi connectivity index (χ1) is 19.5. The molecule has 0 spiro atoms. The molecule has 3 aromatic carbocycles. The molecular weight excluding hydrogens is 496 g/mol. The molecule has 4 aromatic rings. The van der Waals surface area contributed by atoms with Gasteiger partial charge in [0.1, 0.15) is 12.4 Å². The fourth-order valence-corrected chi connectivity index (χ4v) is 5.53. The Morgan fingerprint density at radius 1 is 0.825 bits per heavy atom. The van der Waals surface area contributed by atoms with Crippen molar-refractivity contribution in [3.63, 3.8) is 0 Å². The fraction of sp³-hybridized carbons (Fsp3) is 0.343. The van der Waals surface area contributed by atoms with Gasteiger partial charge in [-0.25, -0.2) is 0 Å². The third-order valence-corrected chi connectivity index (χ3v) is 7.59. The monoisotopic (exact) mass is 534 g/mol. The van der Waals surface area contributed by atoms with Crippen molar-refractivity contribution in [1.82, 2.24) is 9.88 Å². The number of rotatable bonds is 12. The highest BCUT2D eigenvalue weighted by molar-refractivity contribution is 6.21. The van der Waals surface area contributed by atoms with Crippen LogP contribution in [0.5, 0.6) is 5.75 Å². The van der Waals surface area contributed by atoms with Gasteiger partial charge < -0.3 is 4.74 Å². The molecule has 1 aliphatic heterocycles. The topological polar surface area (TPSA) is 59.5 Å². The van der Waals surface area contributed by atoms with Crippen LogP contribution in [0.4, 0.5) is 0 Å². The van der Waals surface area contributed by atoms with Gasteiger partial charge in [-0.1, -0.05) is 82.5 Å². The van der Waals surface area contributed by atoms with Gasteiger partial charge in [-0.3, -0.25) is 19.5 Å². The van der Waals surface area contributed by atoms with E-state index in [1.165, 1.54) is 16.9 Å². The second kappa shape index (κ2) is 12.5. The highest BCUT2D eigenvalue weighted by atomic mass is 16.5. The molecule has 5 nitrogen and oxygen atoms in total. The van der Waals surface area contributed by atoms with Crippen LogP contribution < -0.4 is 4.74 Å². The van der Waals surface area contributed by atoms with Gasteiger partial charge in [-0.15, -0.1) is 0 Å². The van der Waals surface area contributed by atoms with E-state index in [0.717, 1.165) is 65.6 Å². The number of hydrogen-bond acceptors (Lipinski definition) is 4. The summed E-state index contributed by atoms with van der Waals surface area (Å²) in [7, 11) is 0. The number of aryl methyl sites for hydroxylation is 1. The van der Waals surface area contributed by atoms with Crippen LogP contribution in [-0.4, -0.2) is 21.7 Å². The average molecular weight is 535 g/mol. The molecule has 40 heavy (non-hydrogen) atoms. The lowest BCUT2D eigenvalue weighted by Crippen LogP contribution is -2.30. The number of aromatic nitrogens is 1. The van der Waals surface area contributed by atoms with Crippen molar-refractivity contribution in [3.8, 4) is 5.75 Å².